The van der Waals surface area contributed by atoms with Gasteiger partial charge in [-0.25, -0.2) is 0 Å². The van der Waals surface area contributed by atoms with E-state index in [1.165, 1.54) is 0 Å². The monoisotopic (exact) mass is 364 g/mol. The van der Waals surface area contributed by atoms with Gasteiger partial charge >= 0.3 is 0 Å². The summed E-state index contributed by atoms with van der Waals surface area (Å²) in [5, 5.41) is 4.10. The zero-order chi connectivity index (χ0) is 18.6. The Hall–Kier alpha value is -3.06. The summed E-state index contributed by atoms with van der Waals surface area (Å²) in [5.74, 6) is 0.898. The highest BCUT2D eigenvalue weighted by Crippen LogP contribution is 2.25. The number of morpholine rings is 1. The molecule has 0 N–H and O–H groups in total. The Labute approximate surface area is 157 Å². The van der Waals surface area contributed by atoms with Crippen molar-refractivity contribution < 1.29 is 14.1 Å². The molecule has 27 heavy (non-hydrogen) atoms. The first-order chi connectivity index (χ1) is 13.2. The Kier molecular flexibility index (Phi) is 4.93. The number of ether oxygens (including phenoxy) is 1. The molecule has 1 aromatic carbocycles. The Bertz CT molecular complexity index is 908. The third-order valence-electron chi connectivity index (χ3n) is 4.54. The van der Waals surface area contributed by atoms with Gasteiger partial charge in [-0.3, -0.25) is 9.78 Å². The number of amides is 1. The average Bonchev–Trinajstić information content (AvgIpc) is 3.20. The minimum absolute atomic E-state index is 0.0000131. The molecule has 2 aromatic heterocycles. The number of benzene rings is 1. The lowest BCUT2D eigenvalue weighted by atomic mass is 10.1. The minimum Gasteiger partial charge on any atom is -0.377 e. The van der Waals surface area contributed by atoms with Gasteiger partial charge in [-0.05, 0) is 30.7 Å². The van der Waals surface area contributed by atoms with E-state index in [1.807, 2.05) is 49.4 Å². The van der Waals surface area contributed by atoms with Crippen molar-refractivity contribution in [2.24, 2.45) is 0 Å². The molecule has 1 saturated heterocycles. The average molecular weight is 364 g/mol. The maximum absolute atomic E-state index is 12.9. The number of carbonyl (C=O) groups excluding carboxylic acids is 1. The van der Waals surface area contributed by atoms with Crippen LogP contribution in [-0.2, 0) is 16.0 Å². The minimum atomic E-state index is -0.356. The van der Waals surface area contributed by atoms with Crippen molar-refractivity contribution >= 4 is 5.91 Å². The summed E-state index contributed by atoms with van der Waals surface area (Å²) >= 11 is 0. The number of nitrogens with zero attached hydrogens (tertiary/aromatic N) is 4. The van der Waals surface area contributed by atoms with Crippen LogP contribution >= 0.6 is 0 Å². The van der Waals surface area contributed by atoms with E-state index in [1.54, 1.807) is 11.1 Å². The van der Waals surface area contributed by atoms with Crippen LogP contribution in [0.4, 0.5) is 0 Å². The first kappa shape index (κ1) is 17.4. The first-order valence-corrected chi connectivity index (χ1v) is 8.88. The maximum Gasteiger partial charge on any atom is 0.257 e. The van der Waals surface area contributed by atoms with E-state index in [4.69, 9.17) is 9.26 Å². The van der Waals surface area contributed by atoms with E-state index in [9.17, 15) is 4.79 Å². The molecule has 1 atom stereocenters. The molecular weight excluding hydrogens is 344 g/mol. The molecular formula is C20H20N4O3. The Morgan fingerprint density at radius 2 is 2.07 bits per heavy atom. The van der Waals surface area contributed by atoms with Crippen molar-refractivity contribution in [3.63, 3.8) is 0 Å². The molecule has 7 nitrogen and oxygen atoms in total. The number of aromatic nitrogens is 3. The van der Waals surface area contributed by atoms with E-state index in [-0.39, 0.29) is 18.4 Å². The third kappa shape index (κ3) is 3.88. The van der Waals surface area contributed by atoms with Gasteiger partial charge in [0.2, 0.25) is 5.91 Å². The van der Waals surface area contributed by atoms with Crippen LogP contribution in [0.25, 0.3) is 11.5 Å². The molecule has 1 fully saturated rings. The van der Waals surface area contributed by atoms with E-state index in [0.29, 0.717) is 31.5 Å². The summed E-state index contributed by atoms with van der Waals surface area (Å²) in [4.78, 5) is 23.4. The molecule has 3 heterocycles. The molecule has 3 aromatic rings. The lowest BCUT2D eigenvalue weighted by molar-refractivity contribution is -0.139. The van der Waals surface area contributed by atoms with Crippen LogP contribution in [0.1, 0.15) is 23.1 Å². The van der Waals surface area contributed by atoms with Gasteiger partial charge in [0, 0.05) is 24.0 Å². The largest absolute Gasteiger partial charge is 0.377 e. The topological polar surface area (TPSA) is 81.4 Å². The van der Waals surface area contributed by atoms with Crippen molar-refractivity contribution in [2.75, 3.05) is 19.8 Å². The zero-order valence-electron chi connectivity index (χ0n) is 15.0. The molecule has 1 aliphatic rings. The number of rotatable bonds is 4. The van der Waals surface area contributed by atoms with Crippen LogP contribution < -0.4 is 0 Å². The normalized spacial score (nSPS) is 17.1. The predicted octanol–water partition coefficient (Wildman–Crippen LogP) is 2.58. The molecule has 0 unspecified atom stereocenters. The fourth-order valence-corrected chi connectivity index (χ4v) is 3.06. The number of carbonyl (C=O) groups is 1. The number of hydrogen-bond donors (Lipinski definition) is 0. The van der Waals surface area contributed by atoms with Crippen LogP contribution in [0.15, 0.2) is 53.2 Å². The summed E-state index contributed by atoms with van der Waals surface area (Å²) < 4.78 is 11.0. The number of pyridine rings is 1. The molecule has 7 heteroatoms. The molecule has 0 bridgehead atoms. The van der Waals surface area contributed by atoms with Crippen molar-refractivity contribution in [1.82, 2.24) is 20.0 Å². The van der Waals surface area contributed by atoms with Crippen LogP contribution in [0.3, 0.4) is 0 Å². The van der Waals surface area contributed by atoms with E-state index in [2.05, 4.69) is 15.1 Å². The standard InChI is InChI=1S/C20H20N4O3/c1-14-7-8-15(12-21-14)11-18(25)24-9-10-26-13-17(24)19-22-20(27-23-19)16-5-3-2-4-6-16/h2-8,12,17H,9-11,13H2,1H3/t17-/m0/s1. The van der Waals surface area contributed by atoms with Crippen molar-refractivity contribution in [3.8, 4) is 11.5 Å². The van der Waals surface area contributed by atoms with Crippen molar-refractivity contribution in [2.45, 2.75) is 19.4 Å². The number of aryl methyl sites for hydroxylation is 1. The molecule has 138 valence electrons. The van der Waals surface area contributed by atoms with Crippen LogP contribution in [0, 0.1) is 6.92 Å². The fourth-order valence-electron chi connectivity index (χ4n) is 3.06. The van der Waals surface area contributed by atoms with Crippen LogP contribution in [0.2, 0.25) is 0 Å². The van der Waals surface area contributed by atoms with Crippen molar-refractivity contribution in [3.05, 3.63) is 65.7 Å². The third-order valence-corrected chi connectivity index (χ3v) is 4.54. The molecule has 4 rings (SSSR count). The van der Waals surface area contributed by atoms with Gasteiger partial charge in [-0.1, -0.05) is 29.4 Å². The van der Waals surface area contributed by atoms with E-state index < -0.39 is 0 Å². The second kappa shape index (κ2) is 7.67. The second-order valence-electron chi connectivity index (χ2n) is 6.49. The highest BCUT2D eigenvalue weighted by molar-refractivity contribution is 5.79. The van der Waals surface area contributed by atoms with Gasteiger partial charge in [0.25, 0.3) is 5.89 Å². The van der Waals surface area contributed by atoms with E-state index in [0.717, 1.165) is 16.8 Å². The summed E-state index contributed by atoms with van der Waals surface area (Å²) in [7, 11) is 0. The number of hydrogen-bond acceptors (Lipinski definition) is 6. The summed E-state index contributed by atoms with van der Waals surface area (Å²) in [6, 6.07) is 13.0. The summed E-state index contributed by atoms with van der Waals surface area (Å²) in [6.07, 6.45) is 2.03. The van der Waals surface area contributed by atoms with Gasteiger partial charge in [0.05, 0.1) is 19.6 Å². The highest BCUT2D eigenvalue weighted by Gasteiger charge is 2.32. The Morgan fingerprint density at radius 3 is 2.85 bits per heavy atom. The molecule has 0 aliphatic carbocycles. The zero-order valence-corrected chi connectivity index (χ0v) is 15.0. The molecule has 1 aliphatic heterocycles. The van der Waals surface area contributed by atoms with Gasteiger partial charge in [-0.15, -0.1) is 0 Å². The van der Waals surface area contributed by atoms with Crippen molar-refractivity contribution in [1.29, 1.82) is 0 Å². The Balaban J connectivity index is 1.53. The highest BCUT2D eigenvalue weighted by atomic mass is 16.5. The van der Waals surface area contributed by atoms with Crippen LogP contribution in [-0.4, -0.2) is 45.7 Å². The summed E-state index contributed by atoms with van der Waals surface area (Å²) in [5.41, 5.74) is 2.65. The SMILES string of the molecule is Cc1ccc(CC(=O)N2CCOC[C@H]2c2noc(-c3ccccc3)n2)cn1. The van der Waals surface area contributed by atoms with Gasteiger partial charge in [0.1, 0.15) is 6.04 Å². The quantitative estimate of drug-likeness (QED) is 0.708. The first-order valence-electron chi connectivity index (χ1n) is 8.88. The fraction of sp³-hybridized carbons (Fsp3) is 0.300. The maximum atomic E-state index is 12.9. The van der Waals surface area contributed by atoms with Gasteiger partial charge in [-0.2, -0.15) is 4.98 Å². The molecule has 0 spiro atoms. The Morgan fingerprint density at radius 1 is 1.22 bits per heavy atom. The molecule has 0 radical (unpaired) electrons. The van der Waals surface area contributed by atoms with E-state index >= 15 is 0 Å². The smallest absolute Gasteiger partial charge is 0.257 e. The van der Waals surface area contributed by atoms with Crippen LogP contribution in [0.5, 0.6) is 0 Å². The molecule has 0 saturated carbocycles. The lowest BCUT2D eigenvalue weighted by Gasteiger charge is -2.33. The summed E-state index contributed by atoms with van der Waals surface area (Å²) in [6.45, 7) is 3.27. The van der Waals surface area contributed by atoms with Gasteiger partial charge < -0.3 is 14.2 Å². The molecule has 1 amide bonds. The predicted molar refractivity (Wildman–Crippen MR) is 97.7 cm³/mol. The second-order valence-corrected chi connectivity index (χ2v) is 6.49. The van der Waals surface area contributed by atoms with Gasteiger partial charge in [0.15, 0.2) is 5.82 Å². The lowest BCUT2D eigenvalue weighted by Crippen LogP contribution is -2.44.